The highest BCUT2D eigenvalue weighted by Crippen LogP contribution is 2.20. The van der Waals surface area contributed by atoms with E-state index >= 15 is 0 Å². The number of nitrogens with one attached hydrogen (secondary N) is 2. The number of hydrogen-bond donors (Lipinski definition) is 3. The molecule has 7 nitrogen and oxygen atoms in total. The Labute approximate surface area is 188 Å². The number of benzene rings is 1. The molecule has 1 aromatic carbocycles. The number of anilines is 1. The van der Waals surface area contributed by atoms with Gasteiger partial charge in [-0.15, -0.1) is 0 Å². The maximum Gasteiger partial charge on any atom is 0.191 e. The molecular formula is C24H43N5O2. The van der Waals surface area contributed by atoms with E-state index in [1.54, 1.807) is 7.11 Å². The predicted octanol–water partition coefficient (Wildman–Crippen LogP) is 2.56. The molecular weight excluding hydrogens is 390 g/mol. The van der Waals surface area contributed by atoms with Crippen LogP contribution in [-0.4, -0.2) is 82.0 Å². The molecule has 1 aromatic rings. The summed E-state index contributed by atoms with van der Waals surface area (Å²) in [6.07, 6.45) is 4.18. The highest BCUT2D eigenvalue weighted by Gasteiger charge is 2.17. The quantitative estimate of drug-likeness (QED) is 0.252. The van der Waals surface area contributed by atoms with Gasteiger partial charge in [0.15, 0.2) is 5.96 Å². The van der Waals surface area contributed by atoms with Crippen LogP contribution in [0.4, 0.5) is 5.69 Å². The summed E-state index contributed by atoms with van der Waals surface area (Å²) < 4.78 is 5.25. The Morgan fingerprint density at radius 1 is 1.10 bits per heavy atom. The molecule has 176 valence electrons. The van der Waals surface area contributed by atoms with E-state index in [0.29, 0.717) is 5.92 Å². The molecule has 0 bridgehead atoms. The highest BCUT2D eigenvalue weighted by atomic mass is 16.5. The zero-order valence-electron chi connectivity index (χ0n) is 19.8. The second kappa shape index (κ2) is 14.9. The van der Waals surface area contributed by atoms with Crippen molar-refractivity contribution < 1.29 is 9.84 Å². The Balaban J connectivity index is 1.67. The number of aliphatic hydroxyl groups is 1. The van der Waals surface area contributed by atoms with Gasteiger partial charge in [-0.25, -0.2) is 0 Å². The zero-order chi connectivity index (χ0) is 22.3. The van der Waals surface area contributed by atoms with Crippen molar-refractivity contribution in [1.82, 2.24) is 15.5 Å². The smallest absolute Gasteiger partial charge is 0.191 e. The Bertz CT molecular complexity index is 609. The lowest BCUT2D eigenvalue weighted by atomic mass is 10.0. The highest BCUT2D eigenvalue weighted by molar-refractivity contribution is 5.79. The lowest BCUT2D eigenvalue weighted by Crippen LogP contribution is -2.47. The van der Waals surface area contributed by atoms with E-state index in [4.69, 9.17) is 9.73 Å². The molecule has 1 heterocycles. The lowest BCUT2D eigenvalue weighted by molar-refractivity contribution is 0.253. The van der Waals surface area contributed by atoms with Gasteiger partial charge in [0.2, 0.25) is 0 Å². The summed E-state index contributed by atoms with van der Waals surface area (Å²) in [5.74, 6) is 2.27. The lowest BCUT2D eigenvalue weighted by Gasteiger charge is -2.36. The summed E-state index contributed by atoms with van der Waals surface area (Å²) >= 11 is 0. The molecule has 31 heavy (non-hydrogen) atoms. The van der Waals surface area contributed by atoms with Crippen LogP contribution in [0.25, 0.3) is 0 Å². The molecule has 1 aliphatic heterocycles. The van der Waals surface area contributed by atoms with Gasteiger partial charge in [-0.2, -0.15) is 0 Å². The number of ether oxygens (including phenoxy) is 1. The van der Waals surface area contributed by atoms with E-state index in [-0.39, 0.29) is 6.61 Å². The summed E-state index contributed by atoms with van der Waals surface area (Å²) in [5.41, 5.74) is 1.27. The molecule has 1 unspecified atom stereocenters. The van der Waals surface area contributed by atoms with Crippen molar-refractivity contribution in [2.75, 3.05) is 71.0 Å². The van der Waals surface area contributed by atoms with E-state index in [1.807, 2.05) is 12.1 Å². The van der Waals surface area contributed by atoms with E-state index in [1.165, 1.54) is 5.69 Å². The second-order valence-corrected chi connectivity index (χ2v) is 8.19. The number of hydrogen-bond acceptors (Lipinski definition) is 5. The average molecular weight is 434 g/mol. The van der Waals surface area contributed by atoms with E-state index in [2.05, 4.69) is 46.4 Å². The van der Waals surface area contributed by atoms with Gasteiger partial charge in [0.25, 0.3) is 0 Å². The predicted molar refractivity (Wildman–Crippen MR) is 130 cm³/mol. The molecule has 1 fully saturated rings. The van der Waals surface area contributed by atoms with Gasteiger partial charge in [0.05, 0.1) is 7.11 Å². The van der Waals surface area contributed by atoms with E-state index in [9.17, 15) is 5.11 Å². The minimum atomic E-state index is 0.246. The third-order valence-corrected chi connectivity index (χ3v) is 5.84. The first-order chi connectivity index (χ1) is 15.2. The van der Waals surface area contributed by atoms with Crippen molar-refractivity contribution in [3.8, 4) is 5.75 Å². The van der Waals surface area contributed by atoms with Crippen LogP contribution in [-0.2, 0) is 0 Å². The first-order valence-corrected chi connectivity index (χ1v) is 11.9. The minimum Gasteiger partial charge on any atom is -0.497 e. The zero-order valence-corrected chi connectivity index (χ0v) is 19.8. The largest absolute Gasteiger partial charge is 0.497 e. The first kappa shape index (κ1) is 25.3. The summed E-state index contributed by atoms with van der Waals surface area (Å²) in [4.78, 5) is 9.74. The van der Waals surface area contributed by atoms with Gasteiger partial charge < -0.3 is 25.4 Å². The van der Waals surface area contributed by atoms with Gasteiger partial charge in [-0.3, -0.25) is 9.89 Å². The Morgan fingerprint density at radius 2 is 1.84 bits per heavy atom. The molecule has 2 rings (SSSR count). The summed E-state index contributed by atoms with van der Waals surface area (Å²) in [6, 6.07) is 8.35. The summed E-state index contributed by atoms with van der Waals surface area (Å²) in [6.45, 7) is 12.5. The standard InChI is InChI=1S/C24H43N5O2/c1-4-7-21(12-19-30)20-27-24(25-5-2)26-13-6-14-28-15-17-29(18-16-28)22-8-10-23(31-3)11-9-22/h8-11,21,30H,4-7,12-20H2,1-3H3,(H2,25,26,27). The number of methoxy groups -OCH3 is 1. The minimum absolute atomic E-state index is 0.246. The summed E-state index contributed by atoms with van der Waals surface area (Å²) in [5, 5.41) is 16.1. The third-order valence-electron chi connectivity index (χ3n) is 5.84. The van der Waals surface area contributed by atoms with Gasteiger partial charge in [-0.1, -0.05) is 13.3 Å². The van der Waals surface area contributed by atoms with Crippen LogP contribution in [0.5, 0.6) is 5.75 Å². The number of rotatable bonds is 13. The van der Waals surface area contributed by atoms with Crippen LogP contribution in [0.1, 0.15) is 39.5 Å². The first-order valence-electron chi connectivity index (χ1n) is 11.9. The molecule has 7 heteroatoms. The van der Waals surface area contributed by atoms with Crippen molar-refractivity contribution in [2.45, 2.75) is 39.5 Å². The van der Waals surface area contributed by atoms with Gasteiger partial charge >= 0.3 is 0 Å². The molecule has 1 aliphatic rings. The Hall–Kier alpha value is -1.99. The molecule has 1 saturated heterocycles. The van der Waals surface area contributed by atoms with Gasteiger partial charge in [-0.05, 0) is 62.9 Å². The molecule has 0 amide bonds. The average Bonchev–Trinajstić information content (AvgIpc) is 2.81. The third kappa shape index (κ3) is 9.35. The fourth-order valence-corrected chi connectivity index (χ4v) is 4.01. The maximum absolute atomic E-state index is 9.24. The number of aliphatic hydroxyl groups excluding tert-OH is 1. The van der Waals surface area contributed by atoms with Gasteiger partial charge in [0.1, 0.15) is 5.75 Å². The topological polar surface area (TPSA) is 72.4 Å². The van der Waals surface area contributed by atoms with Crippen LogP contribution < -0.4 is 20.3 Å². The van der Waals surface area contributed by atoms with Crippen molar-refractivity contribution in [2.24, 2.45) is 10.9 Å². The van der Waals surface area contributed by atoms with Crippen molar-refractivity contribution in [3.05, 3.63) is 24.3 Å². The Kier molecular flexibility index (Phi) is 12.2. The van der Waals surface area contributed by atoms with Crippen LogP contribution in [0.2, 0.25) is 0 Å². The van der Waals surface area contributed by atoms with Crippen molar-refractivity contribution in [3.63, 3.8) is 0 Å². The molecule has 0 radical (unpaired) electrons. The van der Waals surface area contributed by atoms with Crippen LogP contribution in [0.15, 0.2) is 29.3 Å². The monoisotopic (exact) mass is 433 g/mol. The molecule has 0 saturated carbocycles. The number of guanidine groups is 1. The fraction of sp³-hybridized carbons (Fsp3) is 0.708. The van der Waals surface area contributed by atoms with Gasteiger partial charge in [0, 0.05) is 58.1 Å². The van der Waals surface area contributed by atoms with Crippen LogP contribution >= 0.6 is 0 Å². The molecule has 3 N–H and O–H groups in total. The number of piperazine rings is 1. The second-order valence-electron chi connectivity index (χ2n) is 8.19. The number of nitrogens with zero attached hydrogens (tertiary/aromatic N) is 3. The molecule has 0 spiro atoms. The maximum atomic E-state index is 9.24. The van der Waals surface area contributed by atoms with E-state index in [0.717, 1.165) is 89.8 Å². The van der Waals surface area contributed by atoms with Crippen molar-refractivity contribution in [1.29, 1.82) is 0 Å². The van der Waals surface area contributed by atoms with Crippen molar-refractivity contribution >= 4 is 11.6 Å². The van der Waals surface area contributed by atoms with Crippen LogP contribution in [0, 0.1) is 5.92 Å². The summed E-state index contributed by atoms with van der Waals surface area (Å²) in [7, 11) is 1.70. The molecule has 0 aliphatic carbocycles. The molecule has 1 atom stereocenters. The van der Waals surface area contributed by atoms with Crippen LogP contribution in [0.3, 0.4) is 0 Å². The number of aliphatic imine (C=N–C) groups is 1. The Morgan fingerprint density at radius 3 is 2.45 bits per heavy atom. The van der Waals surface area contributed by atoms with E-state index < -0.39 is 0 Å². The molecule has 0 aromatic heterocycles. The SMILES string of the molecule is CCCC(CCO)CN=C(NCC)NCCCN1CCN(c2ccc(OC)cc2)CC1. The fourth-order valence-electron chi connectivity index (χ4n) is 4.01. The normalized spacial score (nSPS) is 16.3.